The van der Waals surface area contributed by atoms with E-state index in [1.54, 1.807) is 0 Å². The maximum atomic E-state index is 11.7. The zero-order valence-electron chi connectivity index (χ0n) is 10.0. The fourth-order valence-corrected chi connectivity index (χ4v) is 1.09. The van der Waals surface area contributed by atoms with Crippen LogP contribution in [0.3, 0.4) is 0 Å². The average molecular weight is 211 g/mol. The Kier molecular flexibility index (Phi) is 5.31. The minimum Gasteiger partial charge on any atom is -0.351 e. The van der Waals surface area contributed by atoms with E-state index < -0.39 is 6.04 Å². The number of carbonyl (C=O) groups excluding carboxylic acids is 1. The number of hydrogen-bond acceptors (Lipinski definition) is 3. The van der Waals surface area contributed by atoms with E-state index in [1.807, 2.05) is 33.8 Å². The van der Waals surface area contributed by atoms with E-state index in [2.05, 4.69) is 5.32 Å². The molecule has 1 amide bonds. The highest BCUT2D eigenvalue weighted by Crippen LogP contribution is 2.17. The Morgan fingerprint density at radius 2 is 2.07 bits per heavy atom. The van der Waals surface area contributed by atoms with Gasteiger partial charge in [0.15, 0.2) is 0 Å². The SMILES string of the molecule is CCC(CC#N)NC(=O)[C@H](N)C(C)(C)C. The number of nitrogens with zero attached hydrogens (tertiary/aromatic N) is 1. The summed E-state index contributed by atoms with van der Waals surface area (Å²) in [5, 5.41) is 11.3. The number of carbonyl (C=O) groups is 1. The van der Waals surface area contributed by atoms with Gasteiger partial charge in [0.2, 0.25) is 5.91 Å². The molecule has 0 spiro atoms. The van der Waals surface area contributed by atoms with Crippen LogP contribution in [0.15, 0.2) is 0 Å². The third kappa shape index (κ3) is 4.80. The molecule has 4 nitrogen and oxygen atoms in total. The lowest BCUT2D eigenvalue weighted by molar-refractivity contribution is -0.125. The van der Waals surface area contributed by atoms with E-state index in [4.69, 9.17) is 11.0 Å². The lowest BCUT2D eigenvalue weighted by atomic mass is 9.86. The molecule has 0 aromatic carbocycles. The monoisotopic (exact) mass is 211 g/mol. The van der Waals surface area contributed by atoms with E-state index in [9.17, 15) is 4.79 Å². The van der Waals surface area contributed by atoms with Crippen LogP contribution in [0.4, 0.5) is 0 Å². The highest BCUT2D eigenvalue weighted by Gasteiger charge is 2.28. The second kappa shape index (κ2) is 5.72. The lowest BCUT2D eigenvalue weighted by Gasteiger charge is -2.27. The van der Waals surface area contributed by atoms with Crippen LogP contribution in [0.2, 0.25) is 0 Å². The van der Waals surface area contributed by atoms with Crippen molar-refractivity contribution in [3.63, 3.8) is 0 Å². The lowest BCUT2D eigenvalue weighted by Crippen LogP contribution is -2.51. The summed E-state index contributed by atoms with van der Waals surface area (Å²) in [5.41, 5.74) is 5.54. The fourth-order valence-electron chi connectivity index (χ4n) is 1.09. The van der Waals surface area contributed by atoms with Gasteiger partial charge in [-0.1, -0.05) is 27.7 Å². The molecule has 0 rings (SSSR count). The molecule has 0 aliphatic rings. The number of nitriles is 1. The second-order valence-corrected chi connectivity index (χ2v) is 4.82. The third-order valence-electron chi connectivity index (χ3n) is 2.39. The Morgan fingerprint density at radius 3 is 2.40 bits per heavy atom. The predicted octanol–water partition coefficient (Wildman–Crippen LogP) is 1.17. The first-order chi connectivity index (χ1) is 6.82. The molecular weight excluding hydrogens is 190 g/mol. The first-order valence-electron chi connectivity index (χ1n) is 5.25. The number of nitrogens with two attached hydrogens (primary N) is 1. The van der Waals surface area contributed by atoms with Gasteiger partial charge in [0.25, 0.3) is 0 Å². The molecule has 0 radical (unpaired) electrons. The van der Waals surface area contributed by atoms with Crippen molar-refractivity contribution in [1.29, 1.82) is 5.26 Å². The minimum atomic E-state index is -0.537. The number of nitrogens with one attached hydrogen (secondary N) is 1. The molecule has 0 bridgehead atoms. The molecule has 86 valence electrons. The molecule has 0 aliphatic heterocycles. The van der Waals surface area contributed by atoms with Gasteiger partial charge in [-0.3, -0.25) is 4.79 Å². The van der Waals surface area contributed by atoms with E-state index >= 15 is 0 Å². The number of hydrogen-bond donors (Lipinski definition) is 2. The summed E-state index contributed by atoms with van der Waals surface area (Å²) in [4.78, 5) is 11.7. The number of rotatable bonds is 4. The van der Waals surface area contributed by atoms with Crippen LogP contribution >= 0.6 is 0 Å². The molecule has 3 N–H and O–H groups in total. The molecule has 15 heavy (non-hydrogen) atoms. The van der Waals surface area contributed by atoms with Gasteiger partial charge in [-0.2, -0.15) is 5.26 Å². The van der Waals surface area contributed by atoms with Gasteiger partial charge in [0.05, 0.1) is 18.5 Å². The van der Waals surface area contributed by atoms with Crippen molar-refractivity contribution >= 4 is 5.91 Å². The van der Waals surface area contributed by atoms with Crippen molar-refractivity contribution in [2.45, 2.75) is 52.6 Å². The van der Waals surface area contributed by atoms with Gasteiger partial charge >= 0.3 is 0 Å². The Balaban J connectivity index is 4.30. The van der Waals surface area contributed by atoms with Gasteiger partial charge in [0.1, 0.15) is 0 Å². The first kappa shape index (κ1) is 13.9. The molecule has 4 heteroatoms. The van der Waals surface area contributed by atoms with Gasteiger partial charge in [-0.05, 0) is 11.8 Å². The largest absolute Gasteiger partial charge is 0.351 e. The summed E-state index contributed by atoms with van der Waals surface area (Å²) >= 11 is 0. The Bertz CT molecular complexity index is 250. The molecule has 0 aromatic heterocycles. The van der Waals surface area contributed by atoms with Crippen LogP contribution in [0.1, 0.15) is 40.5 Å². The molecule has 1 unspecified atom stereocenters. The first-order valence-corrected chi connectivity index (χ1v) is 5.25. The summed E-state index contributed by atoms with van der Waals surface area (Å²) in [6.07, 6.45) is 1.08. The van der Waals surface area contributed by atoms with Gasteiger partial charge in [-0.25, -0.2) is 0 Å². The second-order valence-electron chi connectivity index (χ2n) is 4.82. The molecule has 0 aromatic rings. The van der Waals surface area contributed by atoms with E-state index in [0.717, 1.165) is 6.42 Å². The van der Waals surface area contributed by atoms with Crippen molar-refractivity contribution in [3.05, 3.63) is 0 Å². The predicted molar refractivity (Wildman–Crippen MR) is 59.9 cm³/mol. The van der Waals surface area contributed by atoms with E-state index in [0.29, 0.717) is 6.42 Å². The zero-order valence-corrected chi connectivity index (χ0v) is 10.0. The Morgan fingerprint density at radius 1 is 1.53 bits per heavy atom. The topological polar surface area (TPSA) is 78.9 Å². The van der Waals surface area contributed by atoms with Gasteiger partial charge in [0, 0.05) is 6.04 Å². The van der Waals surface area contributed by atoms with Crippen molar-refractivity contribution in [1.82, 2.24) is 5.32 Å². The van der Waals surface area contributed by atoms with Gasteiger partial charge in [-0.15, -0.1) is 0 Å². The molecule has 0 heterocycles. The van der Waals surface area contributed by atoms with E-state index in [-0.39, 0.29) is 17.4 Å². The van der Waals surface area contributed by atoms with Crippen molar-refractivity contribution < 1.29 is 4.79 Å². The van der Waals surface area contributed by atoms with Crippen LogP contribution in [0.25, 0.3) is 0 Å². The molecular formula is C11H21N3O. The summed E-state index contributed by atoms with van der Waals surface area (Å²) in [6, 6.07) is 1.42. The maximum absolute atomic E-state index is 11.7. The minimum absolute atomic E-state index is 0.0871. The highest BCUT2D eigenvalue weighted by molar-refractivity contribution is 5.82. The normalized spacial score (nSPS) is 15.2. The van der Waals surface area contributed by atoms with Crippen LogP contribution < -0.4 is 11.1 Å². The number of amides is 1. The standard InChI is InChI=1S/C11H21N3O/c1-5-8(6-7-12)14-10(15)9(13)11(2,3)4/h8-9H,5-6,13H2,1-4H3,(H,14,15)/t8?,9-/m0/s1. The summed E-state index contributed by atoms with van der Waals surface area (Å²) < 4.78 is 0. The van der Waals surface area contributed by atoms with Crippen LogP contribution in [-0.2, 0) is 4.79 Å². The van der Waals surface area contributed by atoms with Crippen molar-refractivity contribution in [2.75, 3.05) is 0 Å². The summed E-state index contributed by atoms with van der Waals surface area (Å²) in [6.45, 7) is 7.69. The quantitative estimate of drug-likeness (QED) is 0.732. The molecule has 0 aliphatic carbocycles. The molecule has 2 atom stereocenters. The zero-order chi connectivity index (χ0) is 12.1. The average Bonchev–Trinajstić information content (AvgIpc) is 2.14. The van der Waals surface area contributed by atoms with Gasteiger partial charge < -0.3 is 11.1 Å². The highest BCUT2D eigenvalue weighted by atomic mass is 16.2. The van der Waals surface area contributed by atoms with Crippen LogP contribution in [-0.4, -0.2) is 18.0 Å². The molecule has 0 saturated carbocycles. The van der Waals surface area contributed by atoms with Crippen LogP contribution in [0, 0.1) is 16.7 Å². The van der Waals surface area contributed by atoms with Crippen LogP contribution in [0.5, 0.6) is 0 Å². The molecule has 0 fully saturated rings. The Hall–Kier alpha value is -1.08. The summed E-state index contributed by atoms with van der Waals surface area (Å²) in [7, 11) is 0. The fraction of sp³-hybridized carbons (Fsp3) is 0.818. The van der Waals surface area contributed by atoms with E-state index in [1.165, 1.54) is 0 Å². The van der Waals surface area contributed by atoms with Crippen molar-refractivity contribution in [2.24, 2.45) is 11.1 Å². The molecule has 0 saturated heterocycles. The maximum Gasteiger partial charge on any atom is 0.237 e. The van der Waals surface area contributed by atoms with Crippen molar-refractivity contribution in [3.8, 4) is 6.07 Å². The third-order valence-corrected chi connectivity index (χ3v) is 2.39. The summed E-state index contributed by atoms with van der Waals surface area (Å²) in [5.74, 6) is -0.176. The Labute approximate surface area is 91.8 Å². The smallest absolute Gasteiger partial charge is 0.237 e.